The monoisotopic (exact) mass is 266 g/mol. The Hall–Kier alpha value is -0.610. The van der Waals surface area contributed by atoms with Crippen molar-refractivity contribution in [2.45, 2.75) is 51.0 Å². The Kier molecular flexibility index (Phi) is 3.56. The molecule has 3 heterocycles. The summed E-state index contributed by atoms with van der Waals surface area (Å²) in [5.41, 5.74) is 0.109. The number of nitrogens with one attached hydrogen (secondary N) is 1. The van der Waals surface area contributed by atoms with E-state index >= 15 is 0 Å². The summed E-state index contributed by atoms with van der Waals surface area (Å²) in [6, 6.07) is 0. The van der Waals surface area contributed by atoms with E-state index in [9.17, 15) is 4.79 Å². The van der Waals surface area contributed by atoms with Crippen LogP contribution in [0, 0.1) is 5.41 Å². The van der Waals surface area contributed by atoms with Crippen LogP contribution in [-0.2, 0) is 9.53 Å². The summed E-state index contributed by atoms with van der Waals surface area (Å²) in [7, 11) is 0. The summed E-state index contributed by atoms with van der Waals surface area (Å²) in [5.74, 6) is 0.357. The molecule has 0 aromatic rings. The second-order valence-corrected chi connectivity index (χ2v) is 6.56. The molecule has 0 radical (unpaired) electrons. The second-order valence-electron chi connectivity index (χ2n) is 6.56. The van der Waals surface area contributed by atoms with Crippen molar-refractivity contribution >= 4 is 5.91 Å². The number of amides is 1. The second kappa shape index (κ2) is 5.06. The summed E-state index contributed by atoms with van der Waals surface area (Å²) in [6.07, 6.45) is 6.48. The van der Waals surface area contributed by atoms with E-state index in [2.05, 4.69) is 17.1 Å². The fourth-order valence-corrected chi connectivity index (χ4v) is 4.07. The first-order valence-electron chi connectivity index (χ1n) is 7.82. The van der Waals surface area contributed by atoms with Gasteiger partial charge in [0.1, 0.15) is 0 Å². The Morgan fingerprint density at radius 3 is 2.68 bits per heavy atom. The number of rotatable bonds is 2. The van der Waals surface area contributed by atoms with Gasteiger partial charge in [0.25, 0.3) is 0 Å². The van der Waals surface area contributed by atoms with Crippen LogP contribution >= 0.6 is 0 Å². The van der Waals surface area contributed by atoms with Crippen molar-refractivity contribution in [2.75, 3.05) is 32.8 Å². The Labute approximate surface area is 115 Å². The molecular formula is C15H26N2O2. The van der Waals surface area contributed by atoms with E-state index in [0.717, 1.165) is 65.0 Å². The molecule has 3 fully saturated rings. The highest BCUT2D eigenvalue weighted by molar-refractivity contribution is 5.87. The van der Waals surface area contributed by atoms with Gasteiger partial charge in [-0.3, -0.25) is 4.79 Å². The molecule has 4 nitrogen and oxygen atoms in total. The maximum Gasteiger partial charge on any atom is 0.242 e. The Morgan fingerprint density at radius 1 is 1.26 bits per heavy atom. The molecule has 3 rings (SSSR count). The average Bonchev–Trinajstić information content (AvgIpc) is 3.07. The lowest BCUT2D eigenvalue weighted by Gasteiger charge is -2.35. The number of likely N-dealkylation sites (tertiary alicyclic amines) is 1. The lowest BCUT2D eigenvalue weighted by molar-refractivity contribution is -0.137. The highest BCUT2D eigenvalue weighted by atomic mass is 16.5. The van der Waals surface area contributed by atoms with Gasteiger partial charge in [-0.15, -0.1) is 0 Å². The van der Waals surface area contributed by atoms with Crippen LogP contribution in [0.4, 0.5) is 0 Å². The van der Waals surface area contributed by atoms with Crippen molar-refractivity contribution in [1.29, 1.82) is 0 Å². The van der Waals surface area contributed by atoms with Gasteiger partial charge in [0.2, 0.25) is 5.91 Å². The maximum atomic E-state index is 12.9. The van der Waals surface area contributed by atoms with Crippen molar-refractivity contribution in [3.8, 4) is 0 Å². The van der Waals surface area contributed by atoms with Crippen molar-refractivity contribution in [2.24, 2.45) is 5.41 Å². The first-order chi connectivity index (χ1) is 9.20. The van der Waals surface area contributed by atoms with E-state index in [0.29, 0.717) is 11.3 Å². The Balaban J connectivity index is 1.68. The van der Waals surface area contributed by atoms with Crippen LogP contribution in [0.1, 0.15) is 45.4 Å². The molecule has 19 heavy (non-hydrogen) atoms. The fraction of sp³-hybridized carbons (Fsp3) is 0.933. The molecule has 3 aliphatic rings. The van der Waals surface area contributed by atoms with Gasteiger partial charge >= 0.3 is 0 Å². The van der Waals surface area contributed by atoms with Crippen LogP contribution in [0.2, 0.25) is 0 Å². The van der Waals surface area contributed by atoms with E-state index in [-0.39, 0.29) is 5.54 Å². The normalized spacial score (nSPS) is 34.1. The van der Waals surface area contributed by atoms with Gasteiger partial charge in [-0.25, -0.2) is 0 Å². The standard InChI is InChI=1S/C15H26N2O2/c1-2-15(4-3-8-16-15)13(18)17-9-5-14(12-17)6-10-19-11-7-14/h16H,2-12H2,1H3. The lowest BCUT2D eigenvalue weighted by Crippen LogP contribution is -2.54. The largest absolute Gasteiger partial charge is 0.381 e. The maximum absolute atomic E-state index is 12.9. The van der Waals surface area contributed by atoms with Crippen molar-refractivity contribution < 1.29 is 9.53 Å². The van der Waals surface area contributed by atoms with Crippen LogP contribution in [0.5, 0.6) is 0 Å². The van der Waals surface area contributed by atoms with Gasteiger partial charge in [-0.05, 0) is 50.5 Å². The predicted octanol–water partition coefficient (Wildman–Crippen LogP) is 1.55. The van der Waals surface area contributed by atoms with Gasteiger partial charge in [0.05, 0.1) is 5.54 Å². The lowest BCUT2D eigenvalue weighted by atomic mass is 9.79. The van der Waals surface area contributed by atoms with Crippen molar-refractivity contribution in [3.63, 3.8) is 0 Å². The predicted molar refractivity (Wildman–Crippen MR) is 73.9 cm³/mol. The molecule has 0 bridgehead atoms. The molecule has 1 atom stereocenters. The van der Waals surface area contributed by atoms with Gasteiger partial charge in [0.15, 0.2) is 0 Å². The van der Waals surface area contributed by atoms with Crippen molar-refractivity contribution in [1.82, 2.24) is 10.2 Å². The van der Waals surface area contributed by atoms with E-state index in [4.69, 9.17) is 4.74 Å². The molecule has 0 aromatic carbocycles. The number of ether oxygens (including phenoxy) is 1. The SMILES string of the molecule is CCC1(C(=O)N2CCC3(CCOCC3)C2)CCCN1. The molecule has 0 aromatic heterocycles. The zero-order chi connectivity index (χ0) is 13.3. The van der Waals surface area contributed by atoms with Crippen LogP contribution < -0.4 is 5.32 Å². The molecule has 4 heteroatoms. The van der Waals surface area contributed by atoms with Crippen LogP contribution in [0.25, 0.3) is 0 Å². The van der Waals surface area contributed by atoms with E-state index in [1.54, 1.807) is 0 Å². The average molecular weight is 266 g/mol. The summed E-state index contributed by atoms with van der Waals surface area (Å²) >= 11 is 0. The third-order valence-corrected chi connectivity index (χ3v) is 5.54. The summed E-state index contributed by atoms with van der Waals surface area (Å²) in [4.78, 5) is 15.0. The quantitative estimate of drug-likeness (QED) is 0.824. The van der Waals surface area contributed by atoms with Crippen LogP contribution in [-0.4, -0.2) is 49.2 Å². The molecule has 3 saturated heterocycles. The zero-order valence-electron chi connectivity index (χ0n) is 12.0. The van der Waals surface area contributed by atoms with Crippen LogP contribution in [0.15, 0.2) is 0 Å². The zero-order valence-corrected chi connectivity index (χ0v) is 12.0. The number of hydrogen-bond acceptors (Lipinski definition) is 3. The number of hydrogen-bond donors (Lipinski definition) is 1. The van der Waals surface area contributed by atoms with Gasteiger partial charge in [-0.1, -0.05) is 6.92 Å². The topological polar surface area (TPSA) is 41.6 Å². The molecule has 1 unspecified atom stereocenters. The van der Waals surface area contributed by atoms with Gasteiger partial charge in [-0.2, -0.15) is 0 Å². The highest BCUT2D eigenvalue weighted by Crippen LogP contribution is 2.41. The minimum Gasteiger partial charge on any atom is -0.381 e. The third kappa shape index (κ3) is 2.29. The Bertz CT molecular complexity index is 344. The Morgan fingerprint density at radius 2 is 2.05 bits per heavy atom. The molecule has 3 aliphatic heterocycles. The summed E-state index contributed by atoms with van der Waals surface area (Å²) in [5, 5.41) is 3.47. The first kappa shape index (κ1) is 13.4. The molecule has 1 spiro atoms. The molecule has 1 amide bonds. The third-order valence-electron chi connectivity index (χ3n) is 5.54. The number of nitrogens with zero attached hydrogens (tertiary/aromatic N) is 1. The smallest absolute Gasteiger partial charge is 0.242 e. The molecule has 1 N–H and O–H groups in total. The van der Waals surface area contributed by atoms with Gasteiger partial charge < -0.3 is 15.0 Å². The fourth-order valence-electron chi connectivity index (χ4n) is 4.07. The molecule has 0 saturated carbocycles. The highest BCUT2D eigenvalue weighted by Gasteiger charge is 2.47. The number of carbonyl (C=O) groups is 1. The van der Waals surface area contributed by atoms with E-state index in [1.165, 1.54) is 6.42 Å². The van der Waals surface area contributed by atoms with Gasteiger partial charge in [0, 0.05) is 26.3 Å². The minimum atomic E-state index is -0.253. The van der Waals surface area contributed by atoms with E-state index in [1.807, 2.05) is 0 Å². The number of carbonyl (C=O) groups excluding carboxylic acids is 1. The molecule has 0 aliphatic carbocycles. The molecule has 108 valence electrons. The van der Waals surface area contributed by atoms with E-state index < -0.39 is 0 Å². The van der Waals surface area contributed by atoms with Crippen LogP contribution in [0.3, 0.4) is 0 Å². The summed E-state index contributed by atoms with van der Waals surface area (Å²) in [6.45, 7) is 6.78. The summed E-state index contributed by atoms with van der Waals surface area (Å²) < 4.78 is 5.48. The van der Waals surface area contributed by atoms with Crippen molar-refractivity contribution in [3.05, 3.63) is 0 Å². The first-order valence-corrected chi connectivity index (χ1v) is 7.82. The minimum absolute atomic E-state index is 0.253. The molecular weight excluding hydrogens is 240 g/mol.